The van der Waals surface area contributed by atoms with Crippen LogP contribution in [0.1, 0.15) is 49.3 Å². The summed E-state index contributed by atoms with van der Waals surface area (Å²) >= 11 is 1.21. The van der Waals surface area contributed by atoms with Crippen LogP contribution >= 0.6 is 19.6 Å². The van der Waals surface area contributed by atoms with Crippen molar-refractivity contribution in [3.05, 3.63) is 101 Å². The minimum Gasteiger partial charge on any atom is -0.428 e. The third kappa shape index (κ3) is 13.5. The number of aromatic nitrogens is 3. The van der Waals surface area contributed by atoms with Crippen LogP contribution in [0.15, 0.2) is 67.3 Å². The number of hydrogen-bond donors (Lipinski definition) is 2. The Hall–Kier alpha value is -5.07. The molecule has 2 aromatic carbocycles. The molecule has 0 radical (unpaired) electrons. The van der Waals surface area contributed by atoms with E-state index in [4.69, 9.17) is 38.7 Å². The summed E-state index contributed by atoms with van der Waals surface area (Å²) in [5.74, 6) is -3.77. The molecule has 3 heterocycles. The lowest BCUT2D eigenvalue weighted by Gasteiger charge is -2.40. The molecule has 1 aromatic heterocycles. The molecule has 3 aromatic rings. The molecule has 60 heavy (non-hydrogen) atoms. The highest BCUT2D eigenvalue weighted by Crippen LogP contribution is 2.42. The zero-order valence-corrected chi connectivity index (χ0v) is 33.7. The first-order valence-electron chi connectivity index (χ1n) is 18.4. The third-order valence-corrected chi connectivity index (χ3v) is 11.3. The first-order valence-corrected chi connectivity index (χ1v) is 20.9. The van der Waals surface area contributed by atoms with Crippen molar-refractivity contribution in [2.45, 2.75) is 67.6 Å². The third-order valence-electron chi connectivity index (χ3n) is 9.27. The van der Waals surface area contributed by atoms with Gasteiger partial charge in [-0.25, -0.2) is 32.2 Å². The number of carbonyl (C=O) groups excluding carboxylic acids is 3. The molecule has 5 rings (SSSR count). The van der Waals surface area contributed by atoms with E-state index in [-0.39, 0.29) is 75.2 Å². The van der Waals surface area contributed by atoms with Gasteiger partial charge in [0.05, 0.1) is 49.2 Å². The van der Waals surface area contributed by atoms with Crippen molar-refractivity contribution in [2.24, 2.45) is 0 Å². The van der Waals surface area contributed by atoms with Gasteiger partial charge in [-0.1, -0.05) is 24.3 Å². The monoisotopic (exact) mass is 879 g/mol. The van der Waals surface area contributed by atoms with Crippen LogP contribution < -0.4 is 0 Å². The van der Waals surface area contributed by atoms with E-state index >= 15 is 4.39 Å². The molecule has 17 nitrogen and oxygen atoms in total. The number of rotatable bonds is 17. The maximum Gasteiger partial charge on any atom is 0.512 e. The van der Waals surface area contributed by atoms with Gasteiger partial charge in [-0.2, -0.15) is 10.4 Å². The highest BCUT2D eigenvalue weighted by molar-refractivity contribution is 8.00. The number of nitrogens with zero attached hydrogens (tertiary/aromatic N) is 5. The molecule has 2 aliphatic rings. The number of benzene rings is 2. The Bertz CT molecular complexity index is 2100. The fraction of sp³-hybridized carbons (Fsp3) is 0.421. The summed E-state index contributed by atoms with van der Waals surface area (Å²) in [6, 6.07) is 8.74. The first-order chi connectivity index (χ1) is 28.6. The van der Waals surface area contributed by atoms with Gasteiger partial charge in [0, 0.05) is 42.0 Å². The summed E-state index contributed by atoms with van der Waals surface area (Å²) in [6.07, 6.45) is 5.73. The molecule has 0 spiro atoms. The van der Waals surface area contributed by atoms with E-state index in [2.05, 4.69) is 14.6 Å². The highest BCUT2D eigenvalue weighted by atomic mass is 32.2. The largest absolute Gasteiger partial charge is 0.512 e. The molecule has 2 atom stereocenters. The van der Waals surface area contributed by atoms with Gasteiger partial charge in [0.2, 0.25) is 12.7 Å². The normalized spacial score (nSPS) is 19.1. The average molecular weight is 880 g/mol. The summed E-state index contributed by atoms with van der Waals surface area (Å²) in [5.41, 5.74) is -1.70. The van der Waals surface area contributed by atoms with E-state index in [1.165, 1.54) is 52.2 Å². The van der Waals surface area contributed by atoms with Gasteiger partial charge in [-0.3, -0.25) is 14.1 Å². The zero-order chi connectivity index (χ0) is 43.3. The lowest BCUT2D eigenvalue weighted by Crippen LogP contribution is -2.47. The van der Waals surface area contributed by atoms with Gasteiger partial charge in [0.15, 0.2) is 11.9 Å². The second-order valence-corrected chi connectivity index (χ2v) is 16.3. The first kappa shape index (κ1) is 46.0. The average Bonchev–Trinajstić information content (AvgIpc) is 3.72. The number of ether oxygens (including phenoxy) is 5. The number of phosphoric acid groups is 1. The van der Waals surface area contributed by atoms with E-state index in [0.717, 1.165) is 18.2 Å². The number of thioether (sulfide) groups is 1. The molecule has 0 aliphatic carbocycles. The SMILES string of the molecule is CC(SC1COC(C=CC=Cc2ccc(C#N)cc2F)OC1)C(Cn1cncn1)(OC(=O)OCOC(=O)CCC(=O)N1CCC(OP(=O)(O)O)CC1)c1ccc(F)cc1F. The molecule has 0 saturated carbocycles. The number of amides is 1. The minimum atomic E-state index is -4.67. The number of hydrogen-bond acceptors (Lipinski definition) is 14. The predicted octanol–water partition coefficient (Wildman–Crippen LogP) is 5.13. The Balaban J connectivity index is 1.18. The van der Waals surface area contributed by atoms with E-state index in [1.54, 1.807) is 25.2 Å². The molecule has 2 N–H and O–H groups in total. The summed E-state index contributed by atoms with van der Waals surface area (Å²) in [4.78, 5) is 61.7. The molecule has 322 valence electrons. The quantitative estimate of drug-likeness (QED) is 0.0777. The number of carbonyl (C=O) groups is 3. The maximum absolute atomic E-state index is 15.7. The molecule has 1 amide bonds. The second-order valence-electron chi connectivity index (χ2n) is 13.4. The van der Waals surface area contributed by atoms with Crippen molar-refractivity contribution in [2.75, 3.05) is 33.1 Å². The molecule has 22 heteroatoms. The van der Waals surface area contributed by atoms with Crippen molar-refractivity contribution in [1.82, 2.24) is 19.7 Å². The molecule has 0 bridgehead atoms. The van der Waals surface area contributed by atoms with Crippen LogP contribution in [-0.4, -0.2) is 103 Å². The number of likely N-dealkylation sites (tertiary alicyclic amines) is 1. The zero-order valence-electron chi connectivity index (χ0n) is 32.0. The van der Waals surface area contributed by atoms with Crippen LogP contribution in [0, 0.1) is 28.8 Å². The van der Waals surface area contributed by atoms with E-state index in [0.29, 0.717) is 6.07 Å². The van der Waals surface area contributed by atoms with Gasteiger partial charge < -0.3 is 38.4 Å². The van der Waals surface area contributed by atoms with Crippen molar-refractivity contribution in [3.8, 4) is 6.07 Å². The van der Waals surface area contributed by atoms with E-state index in [1.807, 2.05) is 6.07 Å². The number of esters is 1. The van der Waals surface area contributed by atoms with Gasteiger partial charge in [-0.05, 0) is 50.1 Å². The van der Waals surface area contributed by atoms with Crippen LogP contribution in [0.4, 0.5) is 18.0 Å². The van der Waals surface area contributed by atoms with Crippen LogP contribution in [0.2, 0.25) is 0 Å². The van der Waals surface area contributed by atoms with Gasteiger partial charge in [-0.15, -0.1) is 11.8 Å². The summed E-state index contributed by atoms with van der Waals surface area (Å²) < 4.78 is 88.7. The summed E-state index contributed by atoms with van der Waals surface area (Å²) in [7, 11) is -4.67. The van der Waals surface area contributed by atoms with E-state index < -0.39 is 78.6 Å². The Morgan fingerprint density at radius 3 is 2.47 bits per heavy atom. The molecule has 2 unspecified atom stereocenters. The van der Waals surface area contributed by atoms with Crippen LogP contribution in [0.3, 0.4) is 0 Å². The second kappa shape index (κ2) is 21.4. The summed E-state index contributed by atoms with van der Waals surface area (Å²) in [6.45, 7) is 0.985. The topological polar surface area (TPSA) is 222 Å². The predicted molar refractivity (Wildman–Crippen MR) is 204 cm³/mol. The van der Waals surface area contributed by atoms with Crippen molar-refractivity contribution < 1.29 is 70.1 Å². The highest BCUT2D eigenvalue weighted by Gasteiger charge is 2.47. The van der Waals surface area contributed by atoms with Crippen molar-refractivity contribution in [1.29, 1.82) is 5.26 Å². The fourth-order valence-electron chi connectivity index (χ4n) is 6.29. The number of phosphoric ester groups is 1. The maximum atomic E-state index is 15.7. The number of piperidine rings is 1. The smallest absolute Gasteiger partial charge is 0.428 e. The molecular weight excluding hydrogens is 838 g/mol. The van der Waals surface area contributed by atoms with Gasteiger partial charge in [0.25, 0.3) is 0 Å². The number of allylic oxidation sites excluding steroid dienone is 2. The Labute approximate surface area is 346 Å². The molecule has 2 saturated heterocycles. The molecule has 2 aliphatic heterocycles. The minimum absolute atomic E-state index is 0.134. The van der Waals surface area contributed by atoms with Crippen LogP contribution in [0.25, 0.3) is 6.08 Å². The van der Waals surface area contributed by atoms with Crippen LogP contribution in [0.5, 0.6) is 0 Å². The standard InChI is InChI=1S/C38H41F3N5O12PS/c1-25(60-30-19-53-36(54-20-30)5-3-2-4-27-7-6-26(18-42)16-32(27)40)38(21-46-23-43-22-44-46,31-9-8-28(39)17-33(31)41)57-37(49)56-24-55-35(48)11-10-34(47)45-14-12-29(13-15-45)58-59(50,51)52/h2-9,16-17,22-23,25,29-30,36H,10-15,19-21,24H2,1H3,(H2,50,51,52). The summed E-state index contributed by atoms with van der Waals surface area (Å²) in [5, 5.41) is 11.8. The molecule has 2 fully saturated rings. The Morgan fingerprint density at radius 1 is 1.07 bits per heavy atom. The molecular formula is C38H41F3N5O12PS. The van der Waals surface area contributed by atoms with Crippen molar-refractivity contribution in [3.63, 3.8) is 0 Å². The fourth-order valence-corrected chi connectivity index (χ4v) is 8.25. The van der Waals surface area contributed by atoms with Crippen LogP contribution in [-0.2, 0) is 54.5 Å². The number of nitriles is 1. The number of halogens is 3. The lowest BCUT2D eigenvalue weighted by molar-refractivity contribution is -0.157. The lowest BCUT2D eigenvalue weighted by atomic mass is 9.89. The van der Waals surface area contributed by atoms with Gasteiger partial charge >= 0.3 is 19.9 Å². The Kier molecular flexibility index (Phi) is 16.4. The Morgan fingerprint density at radius 2 is 1.82 bits per heavy atom. The van der Waals surface area contributed by atoms with Crippen molar-refractivity contribution >= 4 is 43.7 Å². The van der Waals surface area contributed by atoms with Gasteiger partial charge in [0.1, 0.15) is 30.1 Å². The van der Waals surface area contributed by atoms with E-state index in [9.17, 15) is 27.7 Å².